The van der Waals surface area contributed by atoms with E-state index in [1.165, 1.54) is 29.6 Å². The molecule has 4 rings (SSSR count). The third-order valence-electron chi connectivity index (χ3n) is 4.26. The van der Waals surface area contributed by atoms with Gasteiger partial charge in [0.2, 0.25) is 5.88 Å². The van der Waals surface area contributed by atoms with Gasteiger partial charge in [-0.3, -0.25) is 9.88 Å². The van der Waals surface area contributed by atoms with E-state index in [0.717, 1.165) is 0 Å². The first-order chi connectivity index (χ1) is 13.5. The van der Waals surface area contributed by atoms with Crippen molar-refractivity contribution >= 4 is 11.9 Å². The van der Waals surface area contributed by atoms with Crippen molar-refractivity contribution in [2.24, 2.45) is 0 Å². The summed E-state index contributed by atoms with van der Waals surface area (Å²) in [7, 11) is 0. The van der Waals surface area contributed by atoms with Crippen molar-refractivity contribution in [1.82, 2.24) is 25.1 Å². The zero-order chi connectivity index (χ0) is 19.7. The Morgan fingerprint density at radius 2 is 2.18 bits per heavy atom. The normalized spacial score (nSPS) is 15.7. The summed E-state index contributed by atoms with van der Waals surface area (Å²) in [5.41, 5.74) is 6.26. The van der Waals surface area contributed by atoms with E-state index in [2.05, 4.69) is 20.2 Å². The van der Waals surface area contributed by atoms with E-state index in [9.17, 15) is 9.18 Å². The molecule has 1 aliphatic heterocycles. The van der Waals surface area contributed by atoms with E-state index in [-0.39, 0.29) is 29.6 Å². The van der Waals surface area contributed by atoms with E-state index in [1.54, 1.807) is 25.1 Å². The maximum atomic E-state index is 14.2. The van der Waals surface area contributed by atoms with Gasteiger partial charge in [-0.2, -0.15) is 5.10 Å². The Labute approximate surface area is 159 Å². The fourth-order valence-corrected chi connectivity index (χ4v) is 2.82. The Kier molecular flexibility index (Phi) is 4.44. The van der Waals surface area contributed by atoms with Crippen LogP contribution in [0.25, 0.3) is 0 Å². The Bertz CT molecular complexity index is 1030. The van der Waals surface area contributed by atoms with Gasteiger partial charge in [0.05, 0.1) is 18.8 Å². The molecule has 28 heavy (non-hydrogen) atoms. The Morgan fingerprint density at radius 3 is 2.96 bits per heavy atom. The molecule has 1 unspecified atom stereocenters. The average molecular weight is 382 g/mol. The number of nitrogens with two attached hydrogens (primary N) is 1. The lowest BCUT2D eigenvalue weighted by Gasteiger charge is -2.33. The van der Waals surface area contributed by atoms with Crippen LogP contribution in [0.5, 0.6) is 17.4 Å². The van der Waals surface area contributed by atoms with Crippen LogP contribution >= 0.6 is 0 Å². The number of fused-ring (bicyclic) bond motifs is 1. The molecule has 2 N–H and O–H groups in total. The van der Waals surface area contributed by atoms with Gasteiger partial charge in [0, 0.05) is 30.1 Å². The van der Waals surface area contributed by atoms with Crippen LogP contribution in [0.15, 0.2) is 42.9 Å². The summed E-state index contributed by atoms with van der Waals surface area (Å²) in [5, 5.41) is 7.55. The molecular weight excluding hydrogens is 367 g/mol. The fourth-order valence-electron chi connectivity index (χ4n) is 2.82. The summed E-state index contributed by atoms with van der Waals surface area (Å²) in [6.07, 6.45) is 3.77. The van der Waals surface area contributed by atoms with Gasteiger partial charge in [0.1, 0.15) is 5.69 Å². The SMILES string of the molecule is CC1c2ncc(Oc3cccnn3)cc2OC(=O)N1Cc1ccnc(N)c1F. The first kappa shape index (κ1) is 17.6. The predicted octanol–water partition coefficient (Wildman–Crippen LogP) is 2.86. The first-order valence-electron chi connectivity index (χ1n) is 8.35. The molecule has 3 aromatic rings. The molecule has 1 aliphatic rings. The molecule has 4 heterocycles. The smallest absolute Gasteiger partial charge is 0.416 e. The number of anilines is 1. The Balaban J connectivity index is 1.58. The van der Waals surface area contributed by atoms with Gasteiger partial charge in [0.25, 0.3) is 0 Å². The van der Waals surface area contributed by atoms with Crippen molar-refractivity contribution in [2.45, 2.75) is 19.5 Å². The number of halogens is 1. The van der Waals surface area contributed by atoms with Gasteiger partial charge in [-0.1, -0.05) is 0 Å². The summed E-state index contributed by atoms with van der Waals surface area (Å²) in [4.78, 5) is 21.9. The lowest BCUT2D eigenvalue weighted by atomic mass is 10.1. The molecule has 142 valence electrons. The molecule has 0 aromatic carbocycles. The molecule has 0 bridgehead atoms. The van der Waals surface area contributed by atoms with Crippen LogP contribution in [-0.4, -0.2) is 31.2 Å². The number of pyridine rings is 2. The van der Waals surface area contributed by atoms with Gasteiger partial charge in [-0.25, -0.2) is 14.2 Å². The summed E-state index contributed by atoms with van der Waals surface area (Å²) < 4.78 is 25.1. The Hall–Kier alpha value is -3.82. The number of nitrogens with zero attached hydrogens (tertiary/aromatic N) is 5. The molecule has 1 atom stereocenters. The highest BCUT2D eigenvalue weighted by molar-refractivity contribution is 5.74. The van der Waals surface area contributed by atoms with Crippen LogP contribution in [0.1, 0.15) is 24.2 Å². The van der Waals surface area contributed by atoms with Crippen molar-refractivity contribution < 1.29 is 18.7 Å². The van der Waals surface area contributed by atoms with Crippen LogP contribution in [0.4, 0.5) is 15.0 Å². The number of nitrogen functional groups attached to an aromatic ring is 1. The van der Waals surface area contributed by atoms with Crippen LogP contribution in [0.2, 0.25) is 0 Å². The highest BCUT2D eigenvalue weighted by Crippen LogP contribution is 2.37. The monoisotopic (exact) mass is 382 g/mol. The van der Waals surface area contributed by atoms with Crippen molar-refractivity contribution in [1.29, 1.82) is 0 Å². The van der Waals surface area contributed by atoms with Gasteiger partial charge >= 0.3 is 6.09 Å². The van der Waals surface area contributed by atoms with Crippen LogP contribution in [-0.2, 0) is 6.54 Å². The highest BCUT2D eigenvalue weighted by Gasteiger charge is 2.33. The fraction of sp³-hybridized carbons (Fsp3) is 0.167. The minimum atomic E-state index is -0.658. The number of rotatable bonds is 4. The number of aromatic nitrogens is 4. The molecule has 0 fully saturated rings. The topological polar surface area (TPSA) is 116 Å². The average Bonchev–Trinajstić information content (AvgIpc) is 2.69. The van der Waals surface area contributed by atoms with Gasteiger partial charge in [-0.15, -0.1) is 5.10 Å². The van der Waals surface area contributed by atoms with E-state index < -0.39 is 18.0 Å². The van der Waals surface area contributed by atoms with Crippen molar-refractivity contribution in [2.75, 3.05) is 5.73 Å². The van der Waals surface area contributed by atoms with Gasteiger partial charge in [0.15, 0.2) is 23.1 Å². The largest absolute Gasteiger partial charge is 0.436 e. The molecule has 9 nitrogen and oxygen atoms in total. The molecular formula is C18H15FN6O3. The van der Waals surface area contributed by atoms with Crippen molar-refractivity contribution in [3.63, 3.8) is 0 Å². The lowest BCUT2D eigenvalue weighted by Crippen LogP contribution is -2.39. The van der Waals surface area contributed by atoms with E-state index in [1.807, 2.05) is 0 Å². The van der Waals surface area contributed by atoms with Gasteiger partial charge < -0.3 is 15.2 Å². The van der Waals surface area contributed by atoms with Crippen LogP contribution in [0, 0.1) is 5.82 Å². The number of ether oxygens (including phenoxy) is 2. The van der Waals surface area contributed by atoms with Gasteiger partial charge in [-0.05, 0) is 19.1 Å². The third-order valence-corrected chi connectivity index (χ3v) is 4.26. The summed E-state index contributed by atoms with van der Waals surface area (Å²) in [6, 6.07) is 5.88. The minimum absolute atomic E-state index is 0.0302. The molecule has 3 aromatic heterocycles. The van der Waals surface area contributed by atoms with E-state index >= 15 is 0 Å². The highest BCUT2D eigenvalue weighted by atomic mass is 19.1. The summed E-state index contributed by atoms with van der Waals surface area (Å²) in [6.45, 7) is 1.75. The quantitative estimate of drug-likeness (QED) is 0.732. The number of carbonyl (C=O) groups is 1. The van der Waals surface area contributed by atoms with Crippen molar-refractivity contribution in [3.05, 3.63) is 59.9 Å². The second kappa shape index (κ2) is 7.06. The first-order valence-corrected chi connectivity index (χ1v) is 8.35. The Morgan fingerprint density at radius 1 is 1.32 bits per heavy atom. The van der Waals surface area contributed by atoms with Crippen molar-refractivity contribution in [3.8, 4) is 17.4 Å². The molecule has 0 spiro atoms. The van der Waals surface area contributed by atoms with E-state index in [0.29, 0.717) is 11.4 Å². The molecule has 10 heteroatoms. The molecule has 0 radical (unpaired) electrons. The zero-order valence-electron chi connectivity index (χ0n) is 14.7. The second-order valence-corrected chi connectivity index (χ2v) is 6.06. The van der Waals surface area contributed by atoms with E-state index in [4.69, 9.17) is 15.2 Å². The molecule has 0 aliphatic carbocycles. The standard InChI is InChI=1S/C18H15FN6O3/c1-10-16-13(7-12(8-22-16)27-14-3-2-5-23-24-14)28-18(26)25(10)9-11-4-6-21-17(20)15(11)19/h2-8,10H,9H2,1H3,(H2,20,21). The number of hydrogen-bond donors (Lipinski definition) is 1. The van der Waals surface area contributed by atoms with Crippen LogP contribution in [0.3, 0.4) is 0 Å². The molecule has 0 saturated carbocycles. The third kappa shape index (κ3) is 3.27. The minimum Gasteiger partial charge on any atom is -0.436 e. The number of hydrogen-bond acceptors (Lipinski definition) is 8. The van der Waals surface area contributed by atoms with Crippen LogP contribution < -0.4 is 15.2 Å². The molecule has 1 amide bonds. The second-order valence-electron chi connectivity index (χ2n) is 6.06. The summed E-state index contributed by atoms with van der Waals surface area (Å²) in [5.74, 6) is 0.0196. The lowest BCUT2D eigenvalue weighted by molar-refractivity contribution is 0.114. The molecule has 0 saturated heterocycles. The number of carbonyl (C=O) groups excluding carboxylic acids is 1. The number of amides is 1. The predicted molar refractivity (Wildman–Crippen MR) is 94.9 cm³/mol. The maximum Gasteiger partial charge on any atom is 0.416 e. The summed E-state index contributed by atoms with van der Waals surface area (Å²) >= 11 is 0. The zero-order valence-corrected chi connectivity index (χ0v) is 14.7. The maximum absolute atomic E-state index is 14.2.